The second-order valence-electron chi connectivity index (χ2n) is 5.48. The highest BCUT2D eigenvalue weighted by atomic mass is 16.5. The summed E-state index contributed by atoms with van der Waals surface area (Å²) in [5.41, 5.74) is 5.24. The smallest absolute Gasteiger partial charge is 0.351 e. The molecule has 0 bridgehead atoms. The Labute approximate surface area is 131 Å². The van der Waals surface area contributed by atoms with Crippen LogP contribution in [0.15, 0.2) is 11.0 Å². The van der Waals surface area contributed by atoms with Crippen molar-refractivity contribution < 1.29 is 30.3 Å². The fourth-order valence-corrected chi connectivity index (χ4v) is 2.42. The van der Waals surface area contributed by atoms with Gasteiger partial charge >= 0.3 is 5.69 Å². The molecular formula is C13H21N3O7. The van der Waals surface area contributed by atoms with Crippen LogP contribution in [0.4, 0.5) is 5.82 Å². The average Bonchev–Trinajstić information content (AvgIpc) is 2.89. The molecule has 1 aliphatic heterocycles. The van der Waals surface area contributed by atoms with Gasteiger partial charge in [0.1, 0.15) is 24.3 Å². The van der Waals surface area contributed by atoms with Crippen LogP contribution in [0.3, 0.4) is 0 Å². The molecule has 1 fully saturated rings. The molecule has 0 saturated carbocycles. The number of hydrogen-bond acceptors (Lipinski definition) is 9. The van der Waals surface area contributed by atoms with Crippen molar-refractivity contribution in [1.29, 1.82) is 0 Å². The first kappa shape index (κ1) is 17.8. The topological polar surface area (TPSA) is 171 Å². The van der Waals surface area contributed by atoms with E-state index in [1.54, 1.807) is 0 Å². The van der Waals surface area contributed by atoms with Crippen molar-refractivity contribution in [3.8, 4) is 0 Å². The van der Waals surface area contributed by atoms with Crippen molar-refractivity contribution >= 4 is 5.82 Å². The summed E-state index contributed by atoms with van der Waals surface area (Å²) in [5, 5.41) is 46.8. The van der Waals surface area contributed by atoms with Crippen molar-refractivity contribution in [2.24, 2.45) is 0 Å². The molecule has 2 heterocycles. The molecule has 5 atom stereocenters. The van der Waals surface area contributed by atoms with Crippen LogP contribution >= 0.6 is 0 Å². The molecule has 0 amide bonds. The number of nitrogen functional groups attached to an aromatic ring is 1. The lowest BCUT2D eigenvalue weighted by molar-refractivity contribution is -0.0460. The summed E-state index contributed by atoms with van der Waals surface area (Å²) in [5.74, 6) is -0.104. The highest BCUT2D eigenvalue weighted by Crippen LogP contribution is 2.28. The normalized spacial score (nSPS) is 27.1. The molecule has 0 radical (unpaired) electrons. The Bertz CT molecular complexity index is 593. The van der Waals surface area contributed by atoms with Crippen LogP contribution in [0, 0.1) is 0 Å². The van der Waals surface area contributed by atoms with E-state index in [1.807, 2.05) is 0 Å². The first-order valence-corrected chi connectivity index (χ1v) is 7.16. The maximum absolute atomic E-state index is 12.0. The Kier molecular flexibility index (Phi) is 5.68. The Morgan fingerprint density at radius 2 is 2.09 bits per heavy atom. The second kappa shape index (κ2) is 7.34. The number of aromatic nitrogens is 2. The predicted molar refractivity (Wildman–Crippen MR) is 77.3 cm³/mol. The Morgan fingerprint density at radius 1 is 1.39 bits per heavy atom. The summed E-state index contributed by atoms with van der Waals surface area (Å²) in [6, 6.07) is 0. The van der Waals surface area contributed by atoms with Gasteiger partial charge in [-0.1, -0.05) is 0 Å². The first-order valence-electron chi connectivity index (χ1n) is 7.16. The summed E-state index contributed by atoms with van der Waals surface area (Å²) < 4.78 is 6.50. The fourth-order valence-electron chi connectivity index (χ4n) is 2.42. The van der Waals surface area contributed by atoms with Crippen LogP contribution in [0.2, 0.25) is 0 Å². The molecule has 2 rings (SSSR count). The van der Waals surface area contributed by atoms with Crippen molar-refractivity contribution in [3.63, 3.8) is 0 Å². The van der Waals surface area contributed by atoms with E-state index >= 15 is 0 Å². The first-order chi connectivity index (χ1) is 10.9. The summed E-state index contributed by atoms with van der Waals surface area (Å²) in [6.45, 7) is -1.01. The van der Waals surface area contributed by atoms with Crippen LogP contribution in [0.5, 0.6) is 0 Å². The van der Waals surface area contributed by atoms with E-state index in [-0.39, 0.29) is 30.8 Å². The SMILES string of the molecule is Nc1nc(=O)n([C@H]2CC(O)[C@@H](CO)O2)cc1C[C@@H](O)[C@@H](O)CO. The second-order valence-corrected chi connectivity index (χ2v) is 5.48. The molecule has 0 aliphatic carbocycles. The summed E-state index contributed by atoms with van der Waals surface area (Å²) >= 11 is 0. The average molecular weight is 331 g/mol. The van der Waals surface area contributed by atoms with E-state index < -0.39 is 42.9 Å². The van der Waals surface area contributed by atoms with E-state index in [9.17, 15) is 20.1 Å². The molecule has 7 N–H and O–H groups in total. The lowest BCUT2D eigenvalue weighted by Crippen LogP contribution is -2.33. The maximum Gasteiger partial charge on any atom is 0.351 e. The van der Waals surface area contributed by atoms with Gasteiger partial charge in [-0.2, -0.15) is 4.98 Å². The van der Waals surface area contributed by atoms with Crippen molar-refractivity contribution in [2.75, 3.05) is 18.9 Å². The van der Waals surface area contributed by atoms with Gasteiger partial charge in [0.15, 0.2) is 0 Å². The van der Waals surface area contributed by atoms with Gasteiger partial charge in [-0.3, -0.25) is 4.57 Å². The van der Waals surface area contributed by atoms with Crippen molar-refractivity contribution in [2.45, 2.75) is 43.5 Å². The molecule has 10 heteroatoms. The largest absolute Gasteiger partial charge is 0.394 e. The van der Waals surface area contributed by atoms with Crippen molar-refractivity contribution in [3.05, 3.63) is 22.2 Å². The minimum atomic E-state index is -1.35. The molecule has 0 spiro atoms. The fraction of sp³-hybridized carbons (Fsp3) is 0.692. The number of ether oxygens (including phenoxy) is 1. The maximum atomic E-state index is 12.0. The van der Waals surface area contributed by atoms with Gasteiger partial charge in [0, 0.05) is 24.6 Å². The number of aliphatic hydroxyl groups excluding tert-OH is 5. The molecule has 23 heavy (non-hydrogen) atoms. The van der Waals surface area contributed by atoms with Gasteiger partial charge in [-0.15, -0.1) is 0 Å². The van der Waals surface area contributed by atoms with Gasteiger partial charge in [0.2, 0.25) is 0 Å². The van der Waals surface area contributed by atoms with Crippen LogP contribution < -0.4 is 11.4 Å². The third-order valence-corrected chi connectivity index (χ3v) is 3.82. The Balaban J connectivity index is 2.25. The van der Waals surface area contributed by atoms with E-state index in [1.165, 1.54) is 6.20 Å². The minimum absolute atomic E-state index is 0.0952. The predicted octanol–water partition coefficient (Wildman–Crippen LogP) is -3.28. The van der Waals surface area contributed by atoms with Crippen molar-refractivity contribution in [1.82, 2.24) is 9.55 Å². The molecule has 1 unspecified atom stereocenters. The number of nitrogens with two attached hydrogens (primary N) is 1. The number of aliphatic hydroxyl groups is 5. The van der Waals surface area contributed by atoms with Gasteiger partial charge in [0.05, 0.1) is 25.4 Å². The zero-order valence-electron chi connectivity index (χ0n) is 12.3. The van der Waals surface area contributed by atoms with Crippen LogP contribution in [0.1, 0.15) is 18.2 Å². The monoisotopic (exact) mass is 331 g/mol. The molecule has 1 aromatic rings. The van der Waals surface area contributed by atoms with Gasteiger partial charge in [-0.05, 0) is 0 Å². The molecular weight excluding hydrogens is 310 g/mol. The lowest BCUT2D eigenvalue weighted by atomic mass is 10.1. The molecule has 0 aromatic carbocycles. The van der Waals surface area contributed by atoms with E-state index in [0.717, 1.165) is 4.57 Å². The van der Waals surface area contributed by atoms with E-state index in [0.29, 0.717) is 0 Å². The summed E-state index contributed by atoms with van der Waals surface area (Å²) in [4.78, 5) is 15.6. The molecule has 1 aliphatic rings. The van der Waals surface area contributed by atoms with E-state index in [4.69, 9.17) is 20.7 Å². The molecule has 130 valence electrons. The highest BCUT2D eigenvalue weighted by Gasteiger charge is 2.35. The highest BCUT2D eigenvalue weighted by molar-refractivity contribution is 5.37. The number of hydrogen-bond donors (Lipinski definition) is 6. The zero-order valence-corrected chi connectivity index (χ0v) is 12.3. The molecule has 1 aromatic heterocycles. The lowest BCUT2D eigenvalue weighted by Gasteiger charge is -2.19. The number of nitrogens with zero attached hydrogens (tertiary/aromatic N) is 2. The van der Waals surface area contributed by atoms with E-state index in [2.05, 4.69) is 4.98 Å². The Hall–Kier alpha value is -1.56. The molecule has 1 saturated heterocycles. The van der Waals surface area contributed by atoms with Crippen LogP contribution in [-0.2, 0) is 11.2 Å². The van der Waals surface area contributed by atoms with Gasteiger partial charge in [0.25, 0.3) is 0 Å². The number of anilines is 1. The summed E-state index contributed by atoms with van der Waals surface area (Å²) in [6.07, 6.45) is -3.86. The van der Waals surface area contributed by atoms with Crippen LogP contribution in [0.25, 0.3) is 0 Å². The third kappa shape index (κ3) is 3.86. The van der Waals surface area contributed by atoms with Gasteiger partial charge < -0.3 is 36.0 Å². The standard InChI is InChI=1S/C13H21N3O7/c14-12-6(1-7(19)9(21)4-17)3-16(13(22)15-12)11-2-8(20)10(5-18)23-11/h3,7-11,17-21H,1-2,4-5H2,(H2,14,15,22)/t7-,8?,9+,10-,11-/m1/s1. The Morgan fingerprint density at radius 3 is 2.65 bits per heavy atom. The van der Waals surface area contributed by atoms with Gasteiger partial charge in [-0.25, -0.2) is 4.79 Å². The quantitative estimate of drug-likeness (QED) is 0.313. The summed E-state index contributed by atoms with van der Waals surface area (Å²) in [7, 11) is 0. The zero-order chi connectivity index (χ0) is 17.1. The number of rotatable bonds is 6. The third-order valence-electron chi connectivity index (χ3n) is 3.82. The van der Waals surface area contributed by atoms with Crippen LogP contribution in [-0.4, -0.2) is 72.7 Å². The minimum Gasteiger partial charge on any atom is -0.394 e. The molecule has 10 nitrogen and oxygen atoms in total.